The average molecular weight is 2230 g/mol. The number of carboxylic acids is 1. The molecule has 1 N–H and O–H groups in total. The van der Waals surface area contributed by atoms with Gasteiger partial charge in [0.25, 0.3) is 0 Å². The molecule has 0 saturated carbocycles. The van der Waals surface area contributed by atoms with Crippen LogP contribution in [0.2, 0.25) is 147 Å². The first-order valence-electron chi connectivity index (χ1n) is 47.6. The van der Waals surface area contributed by atoms with Crippen LogP contribution in [0.15, 0.2) is 59.1 Å². The van der Waals surface area contributed by atoms with Crippen molar-refractivity contribution in [1.82, 2.24) is 43.6 Å². The minimum absolute atomic E-state index is 0.000283. The van der Waals surface area contributed by atoms with E-state index in [4.69, 9.17) is 129 Å². The van der Waals surface area contributed by atoms with E-state index in [9.17, 15) is 35.9 Å². The highest BCUT2D eigenvalue weighted by molar-refractivity contribution is 9.10. The molecule has 788 valence electrons. The molecule has 143 heavy (non-hydrogen) atoms. The normalized spacial score (nSPS) is 21.6. The van der Waals surface area contributed by atoms with Crippen LogP contribution in [0, 0.1) is 34.9 Å². The zero-order valence-corrected chi connectivity index (χ0v) is 95.5. The van der Waals surface area contributed by atoms with Gasteiger partial charge in [-0.2, -0.15) is 29.9 Å². The van der Waals surface area contributed by atoms with Crippen molar-refractivity contribution in [2.45, 2.75) is 307 Å². The van der Waals surface area contributed by atoms with Crippen molar-refractivity contribution in [3.05, 3.63) is 137 Å². The van der Waals surface area contributed by atoms with Crippen molar-refractivity contribution in [2.75, 3.05) is 66.6 Å². The topological polar surface area (TPSA) is 322 Å². The van der Waals surface area contributed by atoms with Gasteiger partial charge >= 0.3 is 30.0 Å². The molecule has 0 aliphatic carbocycles. The first kappa shape index (κ1) is 113. The zero-order chi connectivity index (χ0) is 105. The highest BCUT2D eigenvalue weighted by Gasteiger charge is 2.57. The van der Waals surface area contributed by atoms with E-state index in [-0.39, 0.29) is 170 Å². The van der Waals surface area contributed by atoms with Crippen LogP contribution < -0.4 is 28.4 Å². The fourth-order valence-electron chi connectivity index (χ4n) is 15.4. The lowest BCUT2D eigenvalue weighted by atomic mass is 10.1. The molecule has 0 radical (unpaired) electrons. The smallest absolute Gasteiger partial charge is 0.338 e. The number of hydrogen-bond acceptors (Lipinski definition) is 27. The van der Waals surface area contributed by atoms with Gasteiger partial charge in [0.05, 0.1) is 92.9 Å². The summed E-state index contributed by atoms with van der Waals surface area (Å²) in [6.45, 7) is 55.8. The maximum absolute atomic E-state index is 14.8. The van der Waals surface area contributed by atoms with Crippen molar-refractivity contribution >= 4 is 145 Å². The van der Waals surface area contributed by atoms with E-state index < -0.39 is 151 Å². The Morgan fingerprint density at radius 3 is 0.881 bits per heavy atom. The largest absolute Gasteiger partial charge is 0.478 e. The van der Waals surface area contributed by atoms with E-state index in [1.807, 2.05) is 0 Å². The lowest BCUT2D eigenvalue weighted by molar-refractivity contribution is 0.00683. The number of aromatic nitrogens is 9. The summed E-state index contributed by atoms with van der Waals surface area (Å²) in [5.41, 5.74) is 0.413. The Morgan fingerprint density at radius 2 is 0.636 bits per heavy atom. The number of methoxy groups -OCH3 is 1. The van der Waals surface area contributed by atoms with Crippen molar-refractivity contribution in [1.29, 1.82) is 0 Å². The van der Waals surface area contributed by atoms with Gasteiger partial charge in [0, 0.05) is 48.5 Å². The molecule has 6 fully saturated rings. The number of pyridine rings is 3. The summed E-state index contributed by atoms with van der Waals surface area (Å²) in [5.74, 6) is -8.07. The third kappa shape index (κ3) is 27.6. The number of imidazole rings is 3. The Bertz CT molecular complexity index is 5980. The number of carboxylic acid groups (broad SMARTS) is 1. The van der Waals surface area contributed by atoms with E-state index in [0.717, 1.165) is 49.5 Å². The number of fused-ring (bicyclic) bond motifs is 6. The van der Waals surface area contributed by atoms with Gasteiger partial charge in [0.2, 0.25) is 17.6 Å². The van der Waals surface area contributed by atoms with Crippen LogP contribution in [-0.2, 0) is 101 Å². The average Bonchev–Trinajstić information content (AvgIpc) is 1.62. The minimum Gasteiger partial charge on any atom is -0.478 e. The van der Waals surface area contributed by atoms with Gasteiger partial charge in [-0.05, 0) is 127 Å². The van der Waals surface area contributed by atoms with Crippen LogP contribution in [0.4, 0.5) is 26.3 Å². The summed E-state index contributed by atoms with van der Waals surface area (Å²) >= 11 is 22.6. The lowest BCUT2D eigenvalue weighted by Crippen LogP contribution is -2.47. The first-order chi connectivity index (χ1) is 66.7. The Labute approximate surface area is 859 Å². The van der Waals surface area contributed by atoms with Gasteiger partial charge < -0.3 is 94.2 Å². The molecule has 6 aliphatic heterocycles. The van der Waals surface area contributed by atoms with Crippen molar-refractivity contribution < 1.29 is 130 Å². The molecule has 0 amide bonds. The van der Waals surface area contributed by atoms with E-state index in [0.29, 0.717) is 79.7 Å². The number of ether oxygens (including phenoxy) is 16. The van der Waals surface area contributed by atoms with Crippen LogP contribution in [-0.4, -0.2) is 250 Å². The zero-order valence-electron chi connectivity index (χ0n) is 85.7. The van der Waals surface area contributed by atoms with Gasteiger partial charge in [-0.3, -0.25) is 13.7 Å². The molecule has 3 aromatic carbocycles. The lowest BCUT2D eigenvalue weighted by Gasteiger charge is -2.39. The number of carbonyl (C=O) groups excluding carboxylic acids is 1. The molecule has 0 spiro atoms. The monoisotopic (exact) mass is 2230 g/mol. The third-order valence-corrected chi connectivity index (χ3v) is 46.9. The quantitative estimate of drug-likeness (QED) is 0.0163. The van der Waals surface area contributed by atoms with Gasteiger partial charge in [0.1, 0.15) is 143 Å². The molecule has 6 saturated heterocycles. The molecular formula is C96H133BrCl3F6N9O22Si6. The standard InChI is InChI=1S/C33H46ClF2N3O8Si2.C32H44ClF2N3O8Si2.C31H43BrClF2N3O6Si2/c1-33(2,3)49(8,9)47-26-17-44-27-25(16-43-28(26)27)46-32-37-24-14-21(34)30(38-29(24)39(32)18-42-10-11-48(5,6)7)45-15-20-22(35)12-19(13-23(20)36)31(40)41-4;1-32(2,3)48(7,8)46-25-16-43-26-24(15-42-27(25)26)45-31-36-23-13-20(33)29(37-28(23)38(31)17-41-9-10-47(4,5)6)44-14-19-21(34)11-18(30(39)40)12-22(19)35;1-31(2,3)46(7,8)44-25-16-41-26-24(15-40-27(25)26)43-30-36-23-13-20(33)29(42-14-19-21(34)11-18(32)12-22(19)35)37-28(23)38(30)17-39-9-10-45(4,5)6/h12-14,25-28H,10-11,15-18H2,1-9H3;11-13,24-27H,9-10,14-17H2,1-8H3,(H,39,40);11-13,24-27H,9-10,14-17H2,1-8H3/t25-,26-,27-,28-;2*24-,25-,26-,27-/m111/s1. The second-order valence-electron chi connectivity index (χ2n) is 44.7. The molecule has 12 heterocycles. The van der Waals surface area contributed by atoms with E-state index in [2.05, 4.69) is 206 Å². The molecule has 12 atom stereocenters. The van der Waals surface area contributed by atoms with Crippen molar-refractivity contribution in [3.63, 3.8) is 0 Å². The Morgan fingerprint density at radius 1 is 0.392 bits per heavy atom. The van der Waals surface area contributed by atoms with Gasteiger partial charge in [-0.1, -0.05) is 172 Å². The number of esters is 1. The number of hydrogen-bond donors (Lipinski definition) is 1. The SMILES string of the molecule is CC(C)(C)[Si](C)(C)O[C@@H]1CO[C@H]2[C@@H]1OC[C@H]2Oc1nc2cc(Cl)c(OCc3c(F)cc(Br)cc3F)nc2n1COCC[Si](C)(C)C.CC(C)(C)[Si](C)(C)O[C@@H]1CO[C@H]2[C@@H]1OC[C@H]2Oc1nc2cc(Cl)c(OCc3c(F)cc(C(=O)O)cc3F)nc2n1COCC[Si](C)(C)C.COC(=O)c1cc(F)c(COc2nc3c(cc2Cl)nc(O[C@@H]2CO[C@H]4[C@@H]2OC[C@H]4O[Si](C)(C)C(C)(C)C)n3COCC[Si](C)(C)C)c(F)c1. The van der Waals surface area contributed by atoms with Gasteiger partial charge in [0.15, 0.2) is 60.2 Å². The molecule has 47 heteroatoms. The summed E-state index contributed by atoms with van der Waals surface area (Å²) < 4.78 is 209. The molecule has 6 aliphatic rings. The number of benzene rings is 3. The molecule has 6 aromatic heterocycles. The van der Waals surface area contributed by atoms with Crippen LogP contribution in [0.25, 0.3) is 33.5 Å². The Kier molecular flexibility index (Phi) is 36.0. The van der Waals surface area contributed by atoms with Crippen molar-refractivity contribution in [2.24, 2.45) is 0 Å². The van der Waals surface area contributed by atoms with Crippen LogP contribution in [0.3, 0.4) is 0 Å². The first-order valence-corrected chi connectivity index (χ1v) is 69.4. The summed E-state index contributed by atoms with van der Waals surface area (Å²) in [7, 11) is -9.15. The maximum atomic E-state index is 14.8. The Hall–Kier alpha value is -6.99. The molecule has 15 rings (SSSR count). The third-order valence-electron chi connectivity index (χ3n) is 27.0. The number of nitrogens with zero attached hydrogens (tertiary/aromatic N) is 9. The van der Waals surface area contributed by atoms with Crippen LogP contribution in [0.1, 0.15) is 99.7 Å². The number of halogens is 10. The second kappa shape index (κ2) is 45.4. The fourth-order valence-corrected chi connectivity index (χ4v) is 22.6. The minimum atomic E-state index is -2.07. The summed E-state index contributed by atoms with van der Waals surface area (Å²) in [6, 6.07) is 13.8. The molecule has 0 unspecified atom stereocenters. The second-order valence-corrected chi connectivity index (χ2v) is 78.0. The number of rotatable bonds is 38. The highest BCUT2D eigenvalue weighted by Crippen LogP contribution is 2.47. The van der Waals surface area contributed by atoms with E-state index >= 15 is 0 Å². The van der Waals surface area contributed by atoms with E-state index in [1.54, 1.807) is 25.8 Å². The maximum Gasteiger partial charge on any atom is 0.338 e. The molecular weight excluding hydrogens is 2100 g/mol. The predicted octanol–water partition coefficient (Wildman–Crippen LogP) is 21.8. The van der Waals surface area contributed by atoms with Crippen LogP contribution >= 0.6 is 50.7 Å². The Balaban J connectivity index is 0.000000180. The number of aromatic carboxylic acids is 1. The molecule has 31 nitrogen and oxygen atoms in total. The summed E-state index contributed by atoms with van der Waals surface area (Å²) in [5, 5.41) is 9.47. The highest BCUT2D eigenvalue weighted by atomic mass is 79.9. The molecule has 9 aromatic rings. The van der Waals surface area contributed by atoms with E-state index in [1.165, 1.54) is 18.2 Å². The summed E-state index contributed by atoms with van der Waals surface area (Å²) in [4.78, 5) is 50.7. The van der Waals surface area contributed by atoms with Gasteiger partial charge in [-0.25, -0.2) is 35.9 Å². The van der Waals surface area contributed by atoms with Crippen LogP contribution in [0.5, 0.6) is 35.7 Å². The van der Waals surface area contributed by atoms with Gasteiger partial charge in [-0.15, -0.1) is 0 Å². The predicted molar refractivity (Wildman–Crippen MR) is 546 cm³/mol. The van der Waals surface area contributed by atoms with Crippen molar-refractivity contribution in [3.8, 4) is 35.7 Å². The number of carbonyl (C=O) groups is 2. The summed E-state index contributed by atoms with van der Waals surface area (Å²) in [6.07, 6.45) is -3.85. The molecule has 0 bridgehead atoms. The fraction of sp³-hybridized carbons (Fsp3) is 0.604.